The second-order valence-corrected chi connectivity index (χ2v) is 5.15. The number of hydrogen-bond donors (Lipinski definition) is 2. The van der Waals surface area contributed by atoms with E-state index in [0.29, 0.717) is 11.3 Å². The molecular weight excluding hydrogens is 260 g/mol. The number of rotatable bonds is 4. The number of hydrogen-bond acceptors (Lipinski definition) is 5. The van der Waals surface area contributed by atoms with Crippen LogP contribution < -0.4 is 11.1 Å². The number of nitrogen functional groups attached to an aromatic ring is 1. The molecular formula is C14H16N2O2S. The Labute approximate surface area is 116 Å². The summed E-state index contributed by atoms with van der Waals surface area (Å²) in [7, 11) is 1.36. The summed E-state index contributed by atoms with van der Waals surface area (Å²) in [6.45, 7) is 2.05. The van der Waals surface area contributed by atoms with Crippen LogP contribution in [0.4, 0.5) is 11.4 Å². The van der Waals surface area contributed by atoms with Crippen molar-refractivity contribution in [2.45, 2.75) is 13.0 Å². The minimum atomic E-state index is -0.369. The van der Waals surface area contributed by atoms with Crippen LogP contribution >= 0.6 is 11.3 Å². The summed E-state index contributed by atoms with van der Waals surface area (Å²) >= 11 is 1.68. The van der Waals surface area contributed by atoms with Crippen molar-refractivity contribution in [3.05, 3.63) is 46.2 Å². The molecule has 0 aliphatic heterocycles. The van der Waals surface area contributed by atoms with Crippen molar-refractivity contribution in [1.82, 2.24) is 0 Å². The molecule has 2 rings (SSSR count). The second kappa shape index (κ2) is 5.75. The van der Waals surface area contributed by atoms with Crippen molar-refractivity contribution >= 4 is 28.7 Å². The largest absolute Gasteiger partial charge is 0.465 e. The molecule has 1 unspecified atom stereocenters. The number of thiophene rings is 1. The lowest BCUT2D eigenvalue weighted by Gasteiger charge is -2.16. The summed E-state index contributed by atoms with van der Waals surface area (Å²) in [5, 5.41) is 5.34. The lowest BCUT2D eigenvalue weighted by Crippen LogP contribution is -2.09. The van der Waals surface area contributed by atoms with E-state index in [1.165, 1.54) is 12.0 Å². The van der Waals surface area contributed by atoms with Gasteiger partial charge in [0.15, 0.2) is 0 Å². The van der Waals surface area contributed by atoms with Crippen LogP contribution in [-0.2, 0) is 4.74 Å². The van der Waals surface area contributed by atoms with Crippen molar-refractivity contribution in [1.29, 1.82) is 0 Å². The molecule has 0 radical (unpaired) electrons. The van der Waals surface area contributed by atoms with Gasteiger partial charge < -0.3 is 15.8 Å². The topological polar surface area (TPSA) is 64.3 Å². The molecule has 4 nitrogen and oxygen atoms in total. The van der Waals surface area contributed by atoms with Gasteiger partial charge in [-0.25, -0.2) is 4.79 Å². The number of carbonyl (C=O) groups is 1. The maximum absolute atomic E-state index is 11.5. The molecule has 0 bridgehead atoms. The maximum Gasteiger partial charge on any atom is 0.337 e. The molecule has 19 heavy (non-hydrogen) atoms. The summed E-state index contributed by atoms with van der Waals surface area (Å²) in [4.78, 5) is 12.7. The van der Waals surface area contributed by atoms with Crippen LogP contribution in [0.25, 0.3) is 0 Å². The van der Waals surface area contributed by atoms with Crippen molar-refractivity contribution in [2.24, 2.45) is 0 Å². The summed E-state index contributed by atoms with van der Waals surface area (Å²) in [6, 6.07) is 9.27. The Morgan fingerprint density at radius 3 is 2.84 bits per heavy atom. The van der Waals surface area contributed by atoms with E-state index in [-0.39, 0.29) is 12.0 Å². The van der Waals surface area contributed by atoms with E-state index in [0.717, 1.165) is 5.69 Å². The molecule has 5 heteroatoms. The first-order valence-electron chi connectivity index (χ1n) is 5.89. The fraction of sp³-hybridized carbons (Fsp3) is 0.214. The highest BCUT2D eigenvalue weighted by Crippen LogP contribution is 2.27. The Morgan fingerprint density at radius 1 is 1.42 bits per heavy atom. The molecule has 0 amide bonds. The maximum atomic E-state index is 11.5. The minimum absolute atomic E-state index is 0.134. The number of ether oxygens (including phenoxy) is 1. The molecule has 1 heterocycles. The number of benzene rings is 1. The fourth-order valence-electron chi connectivity index (χ4n) is 1.77. The number of anilines is 2. The van der Waals surface area contributed by atoms with E-state index in [1.807, 2.05) is 11.4 Å². The van der Waals surface area contributed by atoms with Crippen molar-refractivity contribution in [2.75, 3.05) is 18.2 Å². The molecule has 1 aromatic heterocycles. The highest BCUT2D eigenvalue weighted by molar-refractivity contribution is 7.10. The second-order valence-electron chi connectivity index (χ2n) is 4.18. The monoisotopic (exact) mass is 276 g/mol. The predicted molar refractivity (Wildman–Crippen MR) is 78.6 cm³/mol. The van der Waals surface area contributed by atoms with Crippen LogP contribution in [-0.4, -0.2) is 13.1 Å². The third kappa shape index (κ3) is 3.06. The zero-order valence-electron chi connectivity index (χ0n) is 10.8. The zero-order valence-corrected chi connectivity index (χ0v) is 11.7. The Balaban J connectivity index is 2.22. The van der Waals surface area contributed by atoms with Gasteiger partial charge in [0.1, 0.15) is 0 Å². The van der Waals surface area contributed by atoms with Gasteiger partial charge in [-0.1, -0.05) is 6.07 Å². The first-order chi connectivity index (χ1) is 9.11. The molecule has 1 aromatic carbocycles. The first-order valence-corrected chi connectivity index (χ1v) is 6.77. The molecule has 0 aliphatic carbocycles. The van der Waals surface area contributed by atoms with Crippen LogP contribution in [0.1, 0.15) is 28.2 Å². The van der Waals surface area contributed by atoms with E-state index < -0.39 is 0 Å². The van der Waals surface area contributed by atoms with Gasteiger partial charge in [0.05, 0.1) is 30.1 Å². The standard InChI is InChI=1S/C14H16N2O2S/c1-9(13-4-3-7-19-13)16-12-8-10(14(17)18-2)5-6-11(12)15/h3-9,16H,15H2,1-2H3. The van der Waals surface area contributed by atoms with Crippen molar-refractivity contribution in [3.63, 3.8) is 0 Å². The molecule has 0 fully saturated rings. The molecule has 0 spiro atoms. The Bertz CT molecular complexity index is 567. The highest BCUT2D eigenvalue weighted by Gasteiger charge is 2.11. The van der Waals surface area contributed by atoms with Gasteiger partial charge in [-0.05, 0) is 36.6 Å². The Morgan fingerprint density at radius 2 is 2.21 bits per heavy atom. The van der Waals surface area contributed by atoms with E-state index in [9.17, 15) is 4.79 Å². The third-order valence-corrected chi connectivity index (χ3v) is 3.87. The predicted octanol–water partition coefficient (Wildman–Crippen LogP) is 3.29. The lowest BCUT2D eigenvalue weighted by molar-refractivity contribution is 0.0601. The number of carbonyl (C=O) groups excluding carboxylic acids is 1. The van der Waals surface area contributed by atoms with E-state index >= 15 is 0 Å². The number of nitrogens with two attached hydrogens (primary N) is 1. The van der Waals surface area contributed by atoms with Gasteiger partial charge in [-0.3, -0.25) is 0 Å². The summed E-state index contributed by atoms with van der Waals surface area (Å²) in [5.41, 5.74) is 7.75. The zero-order chi connectivity index (χ0) is 13.8. The molecule has 3 N–H and O–H groups in total. The summed E-state index contributed by atoms with van der Waals surface area (Å²) < 4.78 is 4.70. The van der Waals surface area contributed by atoms with Gasteiger partial charge in [0.2, 0.25) is 0 Å². The summed E-state index contributed by atoms with van der Waals surface area (Å²) in [5.74, 6) is -0.369. The van der Waals surface area contributed by atoms with Crippen LogP contribution in [0, 0.1) is 0 Å². The fourth-order valence-corrected chi connectivity index (χ4v) is 2.50. The van der Waals surface area contributed by atoms with Crippen LogP contribution in [0.3, 0.4) is 0 Å². The molecule has 100 valence electrons. The quantitative estimate of drug-likeness (QED) is 0.664. The van der Waals surface area contributed by atoms with E-state index in [4.69, 9.17) is 10.5 Å². The van der Waals surface area contributed by atoms with Crippen LogP contribution in [0.5, 0.6) is 0 Å². The third-order valence-electron chi connectivity index (χ3n) is 2.82. The highest BCUT2D eigenvalue weighted by atomic mass is 32.1. The Hall–Kier alpha value is -2.01. The lowest BCUT2D eigenvalue weighted by atomic mass is 10.1. The van der Waals surface area contributed by atoms with Gasteiger partial charge in [-0.2, -0.15) is 0 Å². The molecule has 1 atom stereocenters. The average Bonchev–Trinajstić information content (AvgIpc) is 2.94. The molecule has 0 saturated carbocycles. The molecule has 0 aliphatic rings. The number of methoxy groups -OCH3 is 1. The van der Waals surface area contributed by atoms with Crippen molar-refractivity contribution in [3.8, 4) is 0 Å². The van der Waals surface area contributed by atoms with Crippen molar-refractivity contribution < 1.29 is 9.53 Å². The molecule has 2 aromatic rings. The van der Waals surface area contributed by atoms with Crippen LogP contribution in [0.15, 0.2) is 35.7 Å². The minimum Gasteiger partial charge on any atom is -0.465 e. The van der Waals surface area contributed by atoms with Gasteiger partial charge in [0, 0.05) is 4.88 Å². The first kappa shape index (κ1) is 13.4. The smallest absolute Gasteiger partial charge is 0.337 e. The average molecular weight is 276 g/mol. The number of nitrogens with one attached hydrogen (secondary N) is 1. The van der Waals surface area contributed by atoms with E-state index in [1.54, 1.807) is 29.5 Å². The summed E-state index contributed by atoms with van der Waals surface area (Å²) in [6.07, 6.45) is 0. The van der Waals surface area contributed by atoms with Crippen LogP contribution in [0.2, 0.25) is 0 Å². The SMILES string of the molecule is COC(=O)c1ccc(N)c(NC(C)c2cccs2)c1. The normalized spacial score (nSPS) is 11.9. The van der Waals surface area contributed by atoms with E-state index in [2.05, 4.69) is 18.3 Å². The van der Waals surface area contributed by atoms with Gasteiger partial charge in [0.25, 0.3) is 0 Å². The molecule has 0 saturated heterocycles. The van der Waals surface area contributed by atoms with Gasteiger partial charge in [-0.15, -0.1) is 11.3 Å². The number of esters is 1. The Kier molecular flexibility index (Phi) is 4.06. The van der Waals surface area contributed by atoms with Gasteiger partial charge >= 0.3 is 5.97 Å².